The lowest BCUT2D eigenvalue weighted by atomic mass is 10.2. The molecule has 0 atom stereocenters. The van der Waals surface area contributed by atoms with Crippen LogP contribution in [0.1, 0.15) is 16.0 Å². The Hall–Kier alpha value is -2.52. The average molecular weight is 388 g/mol. The van der Waals surface area contributed by atoms with Crippen LogP contribution >= 0.6 is 23.1 Å². The maximum Gasteiger partial charge on any atom is 0.274 e. The van der Waals surface area contributed by atoms with Crippen molar-refractivity contribution in [1.82, 2.24) is 9.97 Å². The van der Waals surface area contributed by atoms with Gasteiger partial charge in [0, 0.05) is 27.6 Å². The summed E-state index contributed by atoms with van der Waals surface area (Å²) in [5, 5.41) is 15.5. The molecule has 0 bridgehead atoms. The molecule has 1 amide bonds. The van der Waals surface area contributed by atoms with Crippen molar-refractivity contribution in [3.8, 4) is 0 Å². The minimum Gasteiger partial charge on any atom is -0.325 e. The highest BCUT2D eigenvalue weighted by molar-refractivity contribution is 8.00. The molecule has 0 fully saturated rings. The second-order valence-corrected chi connectivity index (χ2v) is 7.90. The summed E-state index contributed by atoms with van der Waals surface area (Å²) in [6.07, 6.45) is 1.50. The van der Waals surface area contributed by atoms with E-state index in [0.29, 0.717) is 11.3 Å². The third kappa shape index (κ3) is 3.68. The van der Waals surface area contributed by atoms with E-state index in [4.69, 9.17) is 0 Å². The molecule has 3 rings (SSSR count). The van der Waals surface area contributed by atoms with Gasteiger partial charge in [0.25, 0.3) is 5.69 Å². The van der Waals surface area contributed by atoms with Gasteiger partial charge < -0.3 is 5.32 Å². The number of aryl methyl sites for hydroxylation is 3. The number of carbonyl (C=O) groups is 1. The van der Waals surface area contributed by atoms with E-state index >= 15 is 0 Å². The molecule has 3 aromatic rings. The van der Waals surface area contributed by atoms with Crippen molar-refractivity contribution in [2.75, 3.05) is 11.1 Å². The van der Waals surface area contributed by atoms with E-state index in [2.05, 4.69) is 15.3 Å². The number of amides is 1. The molecule has 1 aromatic carbocycles. The maximum absolute atomic E-state index is 12.2. The second-order valence-electron chi connectivity index (χ2n) is 5.74. The van der Waals surface area contributed by atoms with Crippen LogP contribution in [0.15, 0.2) is 29.6 Å². The van der Waals surface area contributed by atoms with Crippen LogP contribution in [0.4, 0.5) is 11.4 Å². The van der Waals surface area contributed by atoms with Crippen molar-refractivity contribution in [2.24, 2.45) is 0 Å². The average Bonchev–Trinajstić information content (AvgIpc) is 2.89. The van der Waals surface area contributed by atoms with Crippen LogP contribution in [0, 0.1) is 30.9 Å². The zero-order valence-electron chi connectivity index (χ0n) is 14.4. The summed E-state index contributed by atoms with van der Waals surface area (Å²) in [7, 11) is 0. The predicted octanol–water partition coefficient (Wildman–Crippen LogP) is 4.26. The number of hydrogen-bond acceptors (Lipinski definition) is 7. The standard InChI is InChI=1S/C17H16N4O3S2/c1-9-4-5-12(6-13(9)21(23)24)20-14(22)7-25-16-15-10(2)11(3)26-17(15)19-8-18-16/h4-6,8H,7H2,1-3H3,(H,20,22). The highest BCUT2D eigenvalue weighted by Gasteiger charge is 2.15. The number of hydrogen-bond donors (Lipinski definition) is 1. The van der Waals surface area contributed by atoms with Crippen molar-refractivity contribution in [2.45, 2.75) is 25.8 Å². The fourth-order valence-corrected chi connectivity index (χ4v) is 4.39. The Labute approximate surface area is 158 Å². The van der Waals surface area contributed by atoms with Gasteiger partial charge in [0.2, 0.25) is 5.91 Å². The van der Waals surface area contributed by atoms with Gasteiger partial charge in [0.15, 0.2) is 0 Å². The zero-order chi connectivity index (χ0) is 18.8. The smallest absolute Gasteiger partial charge is 0.274 e. The molecule has 26 heavy (non-hydrogen) atoms. The minimum atomic E-state index is -0.459. The first-order valence-corrected chi connectivity index (χ1v) is 9.55. The van der Waals surface area contributed by atoms with Gasteiger partial charge in [-0.05, 0) is 32.4 Å². The number of nitrogens with zero attached hydrogens (tertiary/aromatic N) is 3. The predicted molar refractivity (Wildman–Crippen MR) is 104 cm³/mol. The summed E-state index contributed by atoms with van der Waals surface area (Å²) in [5.41, 5.74) is 2.07. The Morgan fingerprint density at radius 3 is 2.81 bits per heavy atom. The molecule has 2 aromatic heterocycles. The molecule has 0 spiro atoms. The topological polar surface area (TPSA) is 98.0 Å². The number of nitro groups is 1. The lowest BCUT2D eigenvalue weighted by molar-refractivity contribution is -0.385. The lowest BCUT2D eigenvalue weighted by Gasteiger charge is -2.07. The SMILES string of the molecule is Cc1ccc(NC(=O)CSc2ncnc3sc(C)c(C)c23)cc1[N+](=O)[O-]. The third-order valence-corrected chi connectivity index (χ3v) is 6.06. The monoisotopic (exact) mass is 388 g/mol. The maximum atomic E-state index is 12.2. The molecule has 0 aliphatic rings. The Balaban J connectivity index is 1.72. The van der Waals surface area contributed by atoms with E-state index in [9.17, 15) is 14.9 Å². The largest absolute Gasteiger partial charge is 0.325 e. The molecule has 9 heteroatoms. The summed E-state index contributed by atoms with van der Waals surface area (Å²) in [4.78, 5) is 33.4. The molecule has 0 saturated heterocycles. The van der Waals surface area contributed by atoms with Crippen molar-refractivity contribution in [3.63, 3.8) is 0 Å². The molecule has 0 aliphatic carbocycles. The van der Waals surface area contributed by atoms with E-state index in [1.807, 2.05) is 13.8 Å². The van der Waals surface area contributed by atoms with Gasteiger partial charge in [-0.3, -0.25) is 14.9 Å². The number of rotatable bonds is 5. The third-order valence-electron chi connectivity index (χ3n) is 3.96. The van der Waals surface area contributed by atoms with Crippen LogP contribution in [-0.4, -0.2) is 26.6 Å². The zero-order valence-corrected chi connectivity index (χ0v) is 16.0. The normalized spacial score (nSPS) is 10.9. The quantitative estimate of drug-likeness (QED) is 0.304. The van der Waals surface area contributed by atoms with Gasteiger partial charge in [-0.25, -0.2) is 9.97 Å². The molecule has 2 heterocycles. The van der Waals surface area contributed by atoms with Crippen LogP contribution in [0.3, 0.4) is 0 Å². The van der Waals surface area contributed by atoms with Gasteiger partial charge in [-0.1, -0.05) is 17.8 Å². The molecular weight excluding hydrogens is 372 g/mol. The molecular formula is C17H16N4O3S2. The fourth-order valence-electron chi connectivity index (χ4n) is 2.47. The van der Waals surface area contributed by atoms with Gasteiger partial charge in [-0.15, -0.1) is 11.3 Å². The fraction of sp³-hybridized carbons (Fsp3) is 0.235. The van der Waals surface area contributed by atoms with Crippen LogP contribution in [0.2, 0.25) is 0 Å². The van der Waals surface area contributed by atoms with Gasteiger partial charge in [0.05, 0.1) is 10.7 Å². The van der Waals surface area contributed by atoms with E-state index < -0.39 is 4.92 Å². The summed E-state index contributed by atoms with van der Waals surface area (Å²) < 4.78 is 0. The van der Waals surface area contributed by atoms with Gasteiger partial charge >= 0.3 is 0 Å². The second kappa shape index (κ2) is 7.38. The highest BCUT2D eigenvalue weighted by Crippen LogP contribution is 2.34. The van der Waals surface area contributed by atoms with Crippen molar-refractivity contribution >= 4 is 50.6 Å². The summed E-state index contributed by atoms with van der Waals surface area (Å²) in [6, 6.07) is 4.64. The van der Waals surface area contributed by atoms with Gasteiger partial charge in [0.1, 0.15) is 16.2 Å². The van der Waals surface area contributed by atoms with E-state index in [1.165, 1.54) is 29.0 Å². The molecule has 0 radical (unpaired) electrons. The Morgan fingerprint density at radius 1 is 1.31 bits per heavy atom. The lowest BCUT2D eigenvalue weighted by Crippen LogP contribution is -2.14. The number of nitro benzene ring substituents is 1. The van der Waals surface area contributed by atoms with E-state index in [0.717, 1.165) is 20.8 Å². The van der Waals surface area contributed by atoms with Crippen LogP contribution < -0.4 is 5.32 Å². The van der Waals surface area contributed by atoms with Gasteiger partial charge in [-0.2, -0.15) is 0 Å². The number of benzene rings is 1. The molecule has 0 aliphatic heterocycles. The first kappa shape index (κ1) is 18.3. The number of fused-ring (bicyclic) bond motifs is 1. The van der Waals surface area contributed by atoms with Crippen LogP contribution in [0.5, 0.6) is 0 Å². The van der Waals surface area contributed by atoms with E-state index in [1.54, 1.807) is 30.4 Å². The highest BCUT2D eigenvalue weighted by atomic mass is 32.2. The summed E-state index contributed by atoms with van der Waals surface area (Å²) in [5.74, 6) is -0.0909. The number of nitrogens with one attached hydrogen (secondary N) is 1. The Kier molecular flexibility index (Phi) is 5.19. The van der Waals surface area contributed by atoms with Crippen molar-refractivity contribution < 1.29 is 9.72 Å². The van der Waals surface area contributed by atoms with Crippen LogP contribution in [0.25, 0.3) is 10.2 Å². The van der Waals surface area contributed by atoms with Crippen molar-refractivity contribution in [3.05, 3.63) is 50.6 Å². The van der Waals surface area contributed by atoms with Crippen molar-refractivity contribution in [1.29, 1.82) is 0 Å². The first-order chi connectivity index (χ1) is 12.4. The Morgan fingerprint density at radius 2 is 2.08 bits per heavy atom. The number of carbonyl (C=O) groups excluding carboxylic acids is 1. The number of thiophene rings is 1. The van der Waals surface area contributed by atoms with E-state index in [-0.39, 0.29) is 17.3 Å². The summed E-state index contributed by atoms with van der Waals surface area (Å²) in [6.45, 7) is 5.71. The molecule has 0 saturated carbocycles. The molecule has 134 valence electrons. The summed E-state index contributed by atoms with van der Waals surface area (Å²) >= 11 is 2.93. The molecule has 1 N–H and O–H groups in total. The number of thioether (sulfide) groups is 1. The Bertz CT molecular complexity index is 1020. The molecule has 0 unspecified atom stereocenters. The number of aromatic nitrogens is 2. The first-order valence-electron chi connectivity index (χ1n) is 7.75. The number of anilines is 1. The van der Waals surface area contributed by atoms with Crippen LogP contribution in [-0.2, 0) is 4.79 Å². The minimum absolute atomic E-state index is 0.0164. The molecule has 7 nitrogen and oxygen atoms in total.